The first kappa shape index (κ1) is 12.0. The maximum Gasteiger partial charge on any atom is 0.256 e. The summed E-state index contributed by atoms with van der Waals surface area (Å²) in [5.41, 5.74) is 0.526. The van der Waals surface area contributed by atoms with Crippen molar-refractivity contribution in [3.05, 3.63) is 58.3 Å². The third-order valence-corrected chi connectivity index (χ3v) is 2.57. The average molecular weight is 246 g/mol. The van der Waals surface area contributed by atoms with Gasteiger partial charge in [-0.2, -0.15) is 0 Å². The van der Waals surface area contributed by atoms with Gasteiger partial charge in [-0.1, -0.05) is 12.1 Å². The minimum atomic E-state index is -0.458. The molecule has 1 heterocycles. The summed E-state index contributed by atoms with van der Waals surface area (Å²) in [5, 5.41) is 2.39. The number of rotatable bonds is 2. The third-order valence-electron chi connectivity index (χ3n) is 2.57. The molecule has 0 saturated heterocycles. The number of aromatic amines is 1. The fraction of sp³-hybridized carbons (Fsp3) is 0.0769. The van der Waals surface area contributed by atoms with E-state index in [0.29, 0.717) is 11.1 Å². The second kappa shape index (κ2) is 4.83. The van der Waals surface area contributed by atoms with Crippen molar-refractivity contribution >= 4 is 5.91 Å². The lowest BCUT2D eigenvalue weighted by molar-refractivity contribution is 0.0961. The van der Waals surface area contributed by atoms with Gasteiger partial charge in [0.1, 0.15) is 11.4 Å². The van der Waals surface area contributed by atoms with Crippen LogP contribution in [0.1, 0.15) is 10.4 Å². The van der Waals surface area contributed by atoms with Crippen LogP contribution in [0.4, 0.5) is 4.39 Å². The van der Waals surface area contributed by atoms with E-state index >= 15 is 0 Å². The highest BCUT2D eigenvalue weighted by Gasteiger charge is 2.12. The summed E-state index contributed by atoms with van der Waals surface area (Å²) in [6.07, 6.45) is 2.83. The highest BCUT2D eigenvalue weighted by atomic mass is 19.1. The fourth-order valence-electron chi connectivity index (χ4n) is 1.63. The van der Waals surface area contributed by atoms with Crippen LogP contribution in [0.15, 0.2) is 41.5 Å². The van der Waals surface area contributed by atoms with Crippen molar-refractivity contribution in [2.45, 2.75) is 0 Å². The SMILES string of the molecule is CNC(=O)c1c[nH]cc(-c2ccc(F)cc2)c1=O. The van der Waals surface area contributed by atoms with E-state index < -0.39 is 5.91 Å². The quantitative estimate of drug-likeness (QED) is 0.844. The zero-order valence-corrected chi connectivity index (χ0v) is 9.66. The van der Waals surface area contributed by atoms with Crippen molar-refractivity contribution in [2.75, 3.05) is 7.05 Å². The molecule has 0 aliphatic carbocycles. The average Bonchev–Trinajstić information content (AvgIpc) is 2.39. The lowest BCUT2D eigenvalue weighted by Gasteiger charge is -2.03. The second-order valence-electron chi connectivity index (χ2n) is 3.70. The van der Waals surface area contributed by atoms with Gasteiger partial charge in [0, 0.05) is 25.0 Å². The Balaban J connectivity index is 2.56. The first-order valence-electron chi connectivity index (χ1n) is 5.32. The van der Waals surface area contributed by atoms with E-state index in [4.69, 9.17) is 0 Å². The summed E-state index contributed by atoms with van der Waals surface area (Å²) in [5.74, 6) is -0.835. The van der Waals surface area contributed by atoms with Crippen LogP contribution in [0.25, 0.3) is 11.1 Å². The molecule has 92 valence electrons. The summed E-state index contributed by atoms with van der Waals surface area (Å²) >= 11 is 0. The number of nitrogens with one attached hydrogen (secondary N) is 2. The largest absolute Gasteiger partial charge is 0.366 e. The number of hydrogen-bond donors (Lipinski definition) is 2. The smallest absolute Gasteiger partial charge is 0.256 e. The van der Waals surface area contributed by atoms with Gasteiger partial charge in [0.15, 0.2) is 0 Å². The number of carbonyl (C=O) groups is 1. The van der Waals surface area contributed by atoms with Gasteiger partial charge in [0.05, 0.1) is 0 Å². The molecule has 1 amide bonds. The summed E-state index contributed by atoms with van der Waals surface area (Å²) in [4.78, 5) is 26.3. The molecule has 2 aromatic rings. The first-order chi connectivity index (χ1) is 8.63. The predicted octanol–water partition coefficient (Wildman–Crippen LogP) is 1.54. The maximum absolute atomic E-state index is 12.8. The van der Waals surface area contributed by atoms with Crippen LogP contribution in [0, 0.1) is 5.82 Å². The maximum atomic E-state index is 12.8. The van der Waals surface area contributed by atoms with Gasteiger partial charge < -0.3 is 10.3 Å². The molecule has 0 spiro atoms. The molecule has 0 bridgehead atoms. The monoisotopic (exact) mass is 246 g/mol. The number of amides is 1. The topological polar surface area (TPSA) is 62.0 Å². The Morgan fingerprint density at radius 2 is 1.89 bits per heavy atom. The molecule has 0 fully saturated rings. The minimum Gasteiger partial charge on any atom is -0.366 e. The Morgan fingerprint density at radius 3 is 2.50 bits per heavy atom. The fourth-order valence-corrected chi connectivity index (χ4v) is 1.63. The molecule has 2 rings (SSSR count). The second-order valence-corrected chi connectivity index (χ2v) is 3.70. The van der Waals surface area contributed by atoms with Crippen LogP contribution < -0.4 is 10.7 Å². The molecular weight excluding hydrogens is 235 g/mol. The zero-order chi connectivity index (χ0) is 13.1. The molecule has 0 radical (unpaired) electrons. The Hall–Kier alpha value is -2.43. The standard InChI is InChI=1S/C13H11FN2O2/c1-15-13(18)11-7-16-6-10(12(11)17)8-2-4-9(14)5-3-8/h2-7H,1H3,(H,15,18)(H,16,17). The summed E-state index contributed by atoms with van der Waals surface area (Å²) < 4.78 is 12.8. The van der Waals surface area contributed by atoms with Crippen molar-refractivity contribution < 1.29 is 9.18 Å². The Morgan fingerprint density at radius 1 is 1.22 bits per heavy atom. The number of benzene rings is 1. The van der Waals surface area contributed by atoms with Crippen LogP contribution in [0.2, 0.25) is 0 Å². The van der Waals surface area contributed by atoms with Gasteiger partial charge in [-0.25, -0.2) is 4.39 Å². The Kier molecular flexibility index (Phi) is 3.23. The van der Waals surface area contributed by atoms with Gasteiger partial charge >= 0.3 is 0 Å². The van der Waals surface area contributed by atoms with Crippen molar-refractivity contribution in [3.63, 3.8) is 0 Å². The molecule has 0 aliphatic heterocycles. The van der Waals surface area contributed by atoms with E-state index in [0.717, 1.165) is 0 Å². The molecule has 1 aromatic heterocycles. The third kappa shape index (κ3) is 2.15. The molecule has 2 N–H and O–H groups in total. The summed E-state index contributed by atoms with van der Waals surface area (Å²) in [6.45, 7) is 0. The number of pyridine rings is 1. The molecule has 1 aromatic carbocycles. The first-order valence-corrected chi connectivity index (χ1v) is 5.32. The molecular formula is C13H11FN2O2. The highest BCUT2D eigenvalue weighted by molar-refractivity contribution is 5.94. The van der Waals surface area contributed by atoms with Gasteiger partial charge in [-0.15, -0.1) is 0 Å². The molecule has 0 aliphatic rings. The van der Waals surface area contributed by atoms with Crippen LogP contribution in [0.3, 0.4) is 0 Å². The van der Waals surface area contributed by atoms with E-state index in [-0.39, 0.29) is 16.8 Å². The van der Waals surface area contributed by atoms with Crippen LogP contribution in [0.5, 0.6) is 0 Å². The molecule has 0 unspecified atom stereocenters. The molecule has 18 heavy (non-hydrogen) atoms. The van der Waals surface area contributed by atoms with Crippen LogP contribution in [-0.4, -0.2) is 17.9 Å². The Labute approximate surface area is 102 Å². The van der Waals surface area contributed by atoms with Crippen molar-refractivity contribution in [3.8, 4) is 11.1 Å². The van der Waals surface area contributed by atoms with E-state index in [1.54, 1.807) is 0 Å². The van der Waals surface area contributed by atoms with Crippen molar-refractivity contribution in [1.82, 2.24) is 10.3 Å². The number of halogens is 1. The Bertz CT molecular complexity index is 632. The van der Waals surface area contributed by atoms with Gasteiger partial charge in [0.25, 0.3) is 5.91 Å². The normalized spacial score (nSPS) is 10.1. The molecule has 4 nitrogen and oxygen atoms in total. The highest BCUT2D eigenvalue weighted by Crippen LogP contribution is 2.15. The van der Waals surface area contributed by atoms with Gasteiger partial charge in [-0.3, -0.25) is 9.59 Å². The zero-order valence-electron chi connectivity index (χ0n) is 9.66. The van der Waals surface area contributed by atoms with Crippen molar-refractivity contribution in [2.24, 2.45) is 0 Å². The van der Waals surface area contributed by atoms with Crippen LogP contribution >= 0.6 is 0 Å². The lowest BCUT2D eigenvalue weighted by atomic mass is 10.1. The number of H-pyrrole nitrogens is 1. The van der Waals surface area contributed by atoms with E-state index in [2.05, 4.69) is 10.3 Å². The number of carbonyl (C=O) groups excluding carboxylic acids is 1. The van der Waals surface area contributed by atoms with E-state index in [9.17, 15) is 14.0 Å². The summed E-state index contributed by atoms with van der Waals surface area (Å²) in [6, 6.07) is 5.52. The summed E-state index contributed by atoms with van der Waals surface area (Å²) in [7, 11) is 1.45. The van der Waals surface area contributed by atoms with Crippen LogP contribution in [-0.2, 0) is 0 Å². The van der Waals surface area contributed by atoms with Gasteiger partial charge in [-0.05, 0) is 17.7 Å². The van der Waals surface area contributed by atoms with E-state index in [1.165, 1.54) is 43.7 Å². The lowest BCUT2D eigenvalue weighted by Crippen LogP contribution is -2.26. The molecule has 0 saturated carbocycles. The predicted molar refractivity (Wildman–Crippen MR) is 65.8 cm³/mol. The molecule has 5 heteroatoms. The van der Waals surface area contributed by atoms with Gasteiger partial charge in [0.2, 0.25) is 5.43 Å². The van der Waals surface area contributed by atoms with E-state index in [1.807, 2.05) is 0 Å². The minimum absolute atomic E-state index is 0.0272. The number of aromatic nitrogens is 1. The molecule has 0 atom stereocenters. The number of hydrogen-bond acceptors (Lipinski definition) is 2. The van der Waals surface area contributed by atoms with Crippen molar-refractivity contribution in [1.29, 1.82) is 0 Å².